The smallest absolute Gasteiger partial charge is 0.262 e. The van der Waals surface area contributed by atoms with Gasteiger partial charge in [0.2, 0.25) is 5.91 Å². The van der Waals surface area contributed by atoms with Crippen LogP contribution in [0.15, 0.2) is 66.9 Å². The zero-order valence-corrected chi connectivity index (χ0v) is 16.5. The van der Waals surface area contributed by atoms with Crippen molar-refractivity contribution in [3.05, 3.63) is 77.8 Å². The molecule has 0 atom stereocenters. The van der Waals surface area contributed by atoms with E-state index in [4.69, 9.17) is 16.3 Å². The van der Waals surface area contributed by atoms with Crippen LogP contribution >= 0.6 is 11.6 Å². The van der Waals surface area contributed by atoms with Crippen LogP contribution in [0.2, 0.25) is 5.02 Å². The van der Waals surface area contributed by atoms with Crippen LogP contribution in [0.3, 0.4) is 0 Å². The van der Waals surface area contributed by atoms with Gasteiger partial charge in [0.1, 0.15) is 11.6 Å². The standard InChI is InChI=1S/C21H24ClFN2O3/c1-4-6-7-16(5-2)13-24-20(26)11-8-15(3)25-21(27)14-28-17-9-10-18(22)19(23)12-17/h4-7,9-10,12H,1,3,8,11,13-14H2,2H3,(H,24,26)(H,25,27)/b7-6-,16-5-. The minimum absolute atomic E-state index is 0.0262. The molecule has 150 valence electrons. The molecule has 1 aromatic rings. The molecule has 0 saturated heterocycles. The summed E-state index contributed by atoms with van der Waals surface area (Å²) in [5.74, 6) is -1.05. The van der Waals surface area contributed by atoms with Gasteiger partial charge in [-0.2, -0.15) is 0 Å². The fraction of sp³-hybridized carbons (Fsp3) is 0.238. The van der Waals surface area contributed by atoms with Crippen molar-refractivity contribution in [1.29, 1.82) is 0 Å². The predicted octanol–water partition coefficient (Wildman–Crippen LogP) is 4.07. The highest BCUT2D eigenvalue weighted by Crippen LogP contribution is 2.20. The SMILES string of the molecule is C=C/C=C\C(=C\C)CNC(=O)CCC(=C)NC(=O)COc1ccc(Cl)c(F)c1. The molecule has 0 heterocycles. The van der Waals surface area contributed by atoms with Crippen LogP contribution in [-0.4, -0.2) is 25.0 Å². The Balaban J connectivity index is 2.30. The van der Waals surface area contributed by atoms with Crippen LogP contribution in [0.4, 0.5) is 4.39 Å². The van der Waals surface area contributed by atoms with Crippen molar-refractivity contribution >= 4 is 23.4 Å². The van der Waals surface area contributed by atoms with Crippen molar-refractivity contribution in [2.75, 3.05) is 13.2 Å². The molecule has 0 aliphatic heterocycles. The number of hydrogen-bond donors (Lipinski definition) is 2. The summed E-state index contributed by atoms with van der Waals surface area (Å²) in [5, 5.41) is 5.31. The predicted molar refractivity (Wildman–Crippen MR) is 110 cm³/mol. The van der Waals surface area contributed by atoms with Crippen molar-refractivity contribution in [2.45, 2.75) is 19.8 Å². The van der Waals surface area contributed by atoms with Gasteiger partial charge in [-0.15, -0.1) is 0 Å². The van der Waals surface area contributed by atoms with Crippen LogP contribution in [0.5, 0.6) is 5.75 Å². The summed E-state index contributed by atoms with van der Waals surface area (Å²) >= 11 is 5.58. The molecule has 2 N–H and O–H groups in total. The van der Waals surface area contributed by atoms with E-state index in [1.165, 1.54) is 12.1 Å². The summed E-state index contributed by atoms with van der Waals surface area (Å²) in [6.07, 6.45) is 7.68. The van der Waals surface area contributed by atoms with E-state index in [-0.39, 0.29) is 29.7 Å². The molecule has 0 aliphatic rings. The highest BCUT2D eigenvalue weighted by atomic mass is 35.5. The largest absolute Gasteiger partial charge is 0.484 e. The molecule has 0 fully saturated rings. The first-order valence-electron chi connectivity index (χ1n) is 8.62. The van der Waals surface area contributed by atoms with Gasteiger partial charge in [0.05, 0.1) is 5.02 Å². The second-order valence-electron chi connectivity index (χ2n) is 5.75. The van der Waals surface area contributed by atoms with Gasteiger partial charge in [0.25, 0.3) is 5.91 Å². The third kappa shape index (κ3) is 9.19. The molecule has 0 aromatic heterocycles. The molecule has 5 nitrogen and oxygen atoms in total. The average Bonchev–Trinajstić information content (AvgIpc) is 2.67. The summed E-state index contributed by atoms with van der Waals surface area (Å²) in [5.41, 5.74) is 1.35. The summed E-state index contributed by atoms with van der Waals surface area (Å²) in [4.78, 5) is 23.7. The fourth-order valence-electron chi connectivity index (χ4n) is 2.01. The molecule has 0 radical (unpaired) electrons. The Kier molecular flexibility index (Phi) is 10.4. The first kappa shape index (κ1) is 23.2. The number of benzene rings is 1. The molecule has 1 rings (SSSR count). The average molecular weight is 407 g/mol. The maximum atomic E-state index is 13.3. The lowest BCUT2D eigenvalue weighted by atomic mass is 10.2. The zero-order valence-electron chi connectivity index (χ0n) is 15.8. The molecule has 0 bridgehead atoms. The lowest BCUT2D eigenvalue weighted by Crippen LogP contribution is -2.29. The van der Waals surface area contributed by atoms with Gasteiger partial charge in [0.15, 0.2) is 6.61 Å². The molecule has 7 heteroatoms. The Labute approximate surface area is 169 Å². The number of rotatable bonds is 11. The number of carbonyl (C=O) groups is 2. The lowest BCUT2D eigenvalue weighted by molar-refractivity contribution is -0.123. The zero-order chi connectivity index (χ0) is 20.9. The van der Waals surface area contributed by atoms with E-state index in [1.54, 1.807) is 12.2 Å². The third-order valence-corrected chi connectivity index (χ3v) is 3.84. The number of hydrogen-bond acceptors (Lipinski definition) is 3. The van der Waals surface area contributed by atoms with Gasteiger partial charge in [0, 0.05) is 24.7 Å². The van der Waals surface area contributed by atoms with E-state index in [9.17, 15) is 14.0 Å². The van der Waals surface area contributed by atoms with Gasteiger partial charge in [-0.1, -0.05) is 49.1 Å². The normalized spacial score (nSPS) is 11.2. The van der Waals surface area contributed by atoms with Gasteiger partial charge in [-0.25, -0.2) is 4.39 Å². The van der Waals surface area contributed by atoms with Crippen LogP contribution in [0.25, 0.3) is 0 Å². The number of allylic oxidation sites excluding steroid dienone is 4. The first-order chi connectivity index (χ1) is 13.3. The van der Waals surface area contributed by atoms with Gasteiger partial charge < -0.3 is 15.4 Å². The third-order valence-electron chi connectivity index (χ3n) is 3.54. The van der Waals surface area contributed by atoms with Crippen molar-refractivity contribution in [3.63, 3.8) is 0 Å². The number of carbonyl (C=O) groups excluding carboxylic acids is 2. The van der Waals surface area contributed by atoms with Crippen molar-refractivity contribution < 1.29 is 18.7 Å². The lowest BCUT2D eigenvalue weighted by Gasteiger charge is -2.10. The van der Waals surface area contributed by atoms with Crippen molar-refractivity contribution in [1.82, 2.24) is 10.6 Å². The summed E-state index contributed by atoms with van der Waals surface area (Å²) in [7, 11) is 0. The number of amides is 2. The molecular weight excluding hydrogens is 383 g/mol. The van der Waals surface area contributed by atoms with E-state index in [0.717, 1.165) is 11.6 Å². The van der Waals surface area contributed by atoms with Gasteiger partial charge >= 0.3 is 0 Å². The maximum absolute atomic E-state index is 13.3. The first-order valence-corrected chi connectivity index (χ1v) is 9.00. The second kappa shape index (κ2) is 12.5. The van der Waals surface area contributed by atoms with E-state index in [2.05, 4.69) is 23.8 Å². The number of halogens is 2. The molecule has 0 aliphatic carbocycles. The van der Waals surface area contributed by atoms with Crippen molar-refractivity contribution in [3.8, 4) is 5.75 Å². The van der Waals surface area contributed by atoms with Crippen LogP contribution in [-0.2, 0) is 9.59 Å². The Morgan fingerprint density at radius 3 is 2.68 bits per heavy atom. The van der Waals surface area contributed by atoms with E-state index in [0.29, 0.717) is 18.7 Å². The quantitative estimate of drug-likeness (QED) is 0.544. The van der Waals surface area contributed by atoms with Gasteiger partial charge in [-0.05, 0) is 31.1 Å². The monoisotopic (exact) mass is 406 g/mol. The summed E-state index contributed by atoms with van der Waals surface area (Å²) in [6.45, 7) is 9.29. The topological polar surface area (TPSA) is 67.4 Å². The Bertz CT molecular complexity index is 788. The summed E-state index contributed by atoms with van der Waals surface area (Å²) < 4.78 is 18.5. The molecule has 2 amide bonds. The van der Waals surface area contributed by atoms with E-state index >= 15 is 0 Å². The number of nitrogens with one attached hydrogen (secondary N) is 2. The summed E-state index contributed by atoms with van der Waals surface area (Å²) in [6, 6.07) is 3.90. The van der Waals surface area contributed by atoms with Crippen molar-refractivity contribution in [2.24, 2.45) is 0 Å². The highest BCUT2D eigenvalue weighted by Gasteiger charge is 2.08. The Morgan fingerprint density at radius 2 is 2.04 bits per heavy atom. The van der Waals surface area contributed by atoms with Crippen LogP contribution in [0, 0.1) is 5.82 Å². The minimum Gasteiger partial charge on any atom is -0.484 e. The molecule has 28 heavy (non-hydrogen) atoms. The molecular formula is C21H24ClFN2O3. The number of ether oxygens (including phenoxy) is 1. The van der Waals surface area contributed by atoms with Crippen LogP contribution in [0.1, 0.15) is 19.8 Å². The maximum Gasteiger partial charge on any atom is 0.262 e. The minimum atomic E-state index is -0.629. The van der Waals surface area contributed by atoms with Crippen LogP contribution < -0.4 is 15.4 Å². The molecule has 1 aromatic carbocycles. The Morgan fingerprint density at radius 1 is 1.29 bits per heavy atom. The fourth-order valence-corrected chi connectivity index (χ4v) is 2.13. The Hall–Kier alpha value is -2.86. The van der Waals surface area contributed by atoms with Gasteiger partial charge in [-0.3, -0.25) is 9.59 Å². The molecule has 0 saturated carbocycles. The van der Waals surface area contributed by atoms with E-state index in [1.807, 2.05) is 19.1 Å². The molecule has 0 unspecified atom stereocenters. The van der Waals surface area contributed by atoms with E-state index < -0.39 is 11.7 Å². The molecule has 0 spiro atoms. The second-order valence-corrected chi connectivity index (χ2v) is 6.16. The highest BCUT2D eigenvalue weighted by molar-refractivity contribution is 6.30.